The summed E-state index contributed by atoms with van der Waals surface area (Å²) in [6.45, 7) is 8.39. The summed E-state index contributed by atoms with van der Waals surface area (Å²) in [5.74, 6) is 0. The highest BCUT2D eigenvalue weighted by atomic mass is 16.7. The standard InChI is InChI=1S/C42H38BNO2/c1-41(2)42(3,4)46-43(45-41)36-24-29-40(39(30-36)35-18-12-7-13-19-35)44(37-25-20-33(21-26-37)31-14-8-5-9-15-31)38-27-22-34(23-28-38)32-16-10-6-11-17-32/h5-30H,1-4H3. The van der Waals surface area contributed by atoms with E-state index in [9.17, 15) is 0 Å². The number of anilines is 3. The number of nitrogens with zero attached hydrogens (tertiary/aromatic N) is 1. The second kappa shape index (κ2) is 12.1. The highest BCUT2D eigenvalue weighted by molar-refractivity contribution is 6.62. The zero-order valence-electron chi connectivity index (χ0n) is 26.9. The lowest BCUT2D eigenvalue weighted by Crippen LogP contribution is -2.41. The second-order valence-electron chi connectivity index (χ2n) is 12.9. The molecule has 0 spiro atoms. The van der Waals surface area contributed by atoms with Crippen LogP contribution in [0.3, 0.4) is 0 Å². The summed E-state index contributed by atoms with van der Waals surface area (Å²) in [6, 6.07) is 55.9. The molecule has 0 unspecified atom stereocenters. The van der Waals surface area contributed by atoms with Gasteiger partial charge in [0.15, 0.2) is 0 Å². The van der Waals surface area contributed by atoms with E-state index in [4.69, 9.17) is 9.31 Å². The molecule has 7 rings (SSSR count). The molecule has 0 saturated carbocycles. The van der Waals surface area contributed by atoms with E-state index in [1.807, 2.05) is 0 Å². The van der Waals surface area contributed by atoms with E-state index in [1.165, 1.54) is 22.3 Å². The quantitative estimate of drug-likeness (QED) is 0.171. The van der Waals surface area contributed by atoms with Gasteiger partial charge >= 0.3 is 7.12 Å². The Morgan fingerprint density at radius 3 is 1.26 bits per heavy atom. The Morgan fingerprint density at radius 2 is 0.826 bits per heavy atom. The van der Waals surface area contributed by atoms with Gasteiger partial charge < -0.3 is 14.2 Å². The molecule has 0 N–H and O–H groups in total. The maximum absolute atomic E-state index is 6.49. The Morgan fingerprint density at radius 1 is 0.435 bits per heavy atom. The fraction of sp³-hybridized carbons (Fsp3) is 0.143. The molecule has 1 aliphatic heterocycles. The molecule has 46 heavy (non-hydrogen) atoms. The van der Waals surface area contributed by atoms with Crippen LogP contribution in [0.1, 0.15) is 27.7 Å². The molecule has 0 aliphatic carbocycles. The lowest BCUT2D eigenvalue weighted by molar-refractivity contribution is 0.00578. The van der Waals surface area contributed by atoms with Gasteiger partial charge in [0.2, 0.25) is 0 Å². The third-order valence-electron chi connectivity index (χ3n) is 9.34. The summed E-state index contributed by atoms with van der Waals surface area (Å²) < 4.78 is 13.0. The van der Waals surface area contributed by atoms with Crippen LogP contribution in [0, 0.1) is 0 Å². The molecular formula is C42H38BNO2. The van der Waals surface area contributed by atoms with E-state index in [-0.39, 0.29) is 0 Å². The summed E-state index contributed by atoms with van der Waals surface area (Å²) in [4.78, 5) is 2.35. The topological polar surface area (TPSA) is 21.7 Å². The minimum Gasteiger partial charge on any atom is -0.399 e. The van der Waals surface area contributed by atoms with Crippen LogP contribution < -0.4 is 10.4 Å². The lowest BCUT2D eigenvalue weighted by atomic mass is 9.77. The first kappa shape index (κ1) is 29.8. The minimum atomic E-state index is -0.453. The average Bonchev–Trinajstić information content (AvgIpc) is 3.32. The van der Waals surface area contributed by atoms with Gasteiger partial charge in [-0.25, -0.2) is 0 Å². The van der Waals surface area contributed by atoms with Crippen molar-refractivity contribution in [3.8, 4) is 33.4 Å². The molecule has 0 atom stereocenters. The summed E-state index contributed by atoms with van der Waals surface area (Å²) in [7, 11) is -0.453. The van der Waals surface area contributed by atoms with Crippen LogP contribution in [0.2, 0.25) is 0 Å². The Bertz CT molecular complexity index is 1820. The van der Waals surface area contributed by atoms with Gasteiger partial charge in [-0.05, 0) is 91.3 Å². The van der Waals surface area contributed by atoms with Crippen molar-refractivity contribution in [2.24, 2.45) is 0 Å². The van der Waals surface area contributed by atoms with Gasteiger partial charge in [-0.15, -0.1) is 0 Å². The molecule has 1 saturated heterocycles. The van der Waals surface area contributed by atoms with E-state index in [0.29, 0.717) is 0 Å². The molecule has 0 amide bonds. The molecule has 4 heteroatoms. The first-order valence-electron chi connectivity index (χ1n) is 16.0. The van der Waals surface area contributed by atoms with Crippen molar-refractivity contribution < 1.29 is 9.31 Å². The van der Waals surface area contributed by atoms with Gasteiger partial charge in [0.1, 0.15) is 0 Å². The fourth-order valence-electron chi connectivity index (χ4n) is 6.02. The smallest absolute Gasteiger partial charge is 0.399 e. The van der Waals surface area contributed by atoms with Gasteiger partial charge in [-0.1, -0.05) is 127 Å². The Hall–Kier alpha value is -4.90. The van der Waals surface area contributed by atoms with Crippen LogP contribution in [-0.2, 0) is 9.31 Å². The monoisotopic (exact) mass is 599 g/mol. The van der Waals surface area contributed by atoms with Crippen molar-refractivity contribution in [1.82, 2.24) is 0 Å². The van der Waals surface area contributed by atoms with Crippen molar-refractivity contribution in [3.05, 3.63) is 158 Å². The fourth-order valence-corrected chi connectivity index (χ4v) is 6.02. The molecule has 1 heterocycles. The molecule has 3 nitrogen and oxygen atoms in total. The molecule has 226 valence electrons. The minimum absolute atomic E-state index is 0.420. The SMILES string of the molecule is CC1(C)OB(c2ccc(N(c3ccc(-c4ccccc4)cc3)c3ccc(-c4ccccc4)cc3)c(-c3ccccc3)c2)OC1(C)C. The van der Waals surface area contributed by atoms with Crippen molar-refractivity contribution in [1.29, 1.82) is 0 Å². The molecule has 0 aromatic heterocycles. The van der Waals surface area contributed by atoms with Crippen LogP contribution in [0.15, 0.2) is 158 Å². The zero-order chi connectivity index (χ0) is 31.7. The maximum atomic E-state index is 6.49. The van der Waals surface area contributed by atoms with E-state index in [2.05, 4.69) is 190 Å². The van der Waals surface area contributed by atoms with Crippen molar-refractivity contribution >= 4 is 29.6 Å². The first-order chi connectivity index (χ1) is 22.3. The number of benzene rings is 6. The first-order valence-corrected chi connectivity index (χ1v) is 16.0. The lowest BCUT2D eigenvalue weighted by Gasteiger charge is -2.32. The van der Waals surface area contributed by atoms with E-state index < -0.39 is 18.3 Å². The van der Waals surface area contributed by atoms with Gasteiger partial charge in [0, 0.05) is 16.9 Å². The largest absolute Gasteiger partial charge is 0.494 e. The highest BCUT2D eigenvalue weighted by Crippen LogP contribution is 2.42. The summed E-state index contributed by atoms with van der Waals surface area (Å²) >= 11 is 0. The predicted octanol–water partition coefficient (Wildman–Crippen LogP) is 10.5. The van der Waals surface area contributed by atoms with Gasteiger partial charge in [-0.2, -0.15) is 0 Å². The van der Waals surface area contributed by atoms with Crippen LogP contribution in [0.5, 0.6) is 0 Å². The molecule has 6 aromatic carbocycles. The van der Waals surface area contributed by atoms with Crippen LogP contribution in [0.25, 0.3) is 33.4 Å². The Kier molecular flexibility index (Phi) is 7.86. The molecule has 0 bridgehead atoms. The normalized spacial score (nSPS) is 15.1. The number of hydrogen-bond acceptors (Lipinski definition) is 3. The molecular weight excluding hydrogens is 561 g/mol. The van der Waals surface area contributed by atoms with E-state index in [1.54, 1.807) is 0 Å². The molecule has 1 fully saturated rings. The van der Waals surface area contributed by atoms with Crippen molar-refractivity contribution in [2.75, 3.05) is 4.90 Å². The van der Waals surface area contributed by atoms with Crippen LogP contribution in [-0.4, -0.2) is 18.3 Å². The van der Waals surface area contributed by atoms with E-state index in [0.717, 1.165) is 33.7 Å². The summed E-state index contributed by atoms with van der Waals surface area (Å²) in [5, 5.41) is 0. The van der Waals surface area contributed by atoms with Gasteiger partial charge in [0.25, 0.3) is 0 Å². The molecule has 0 radical (unpaired) electrons. The van der Waals surface area contributed by atoms with Crippen molar-refractivity contribution in [3.63, 3.8) is 0 Å². The zero-order valence-corrected chi connectivity index (χ0v) is 26.9. The Balaban J connectivity index is 1.36. The highest BCUT2D eigenvalue weighted by Gasteiger charge is 2.51. The van der Waals surface area contributed by atoms with Gasteiger partial charge in [0.05, 0.1) is 16.9 Å². The predicted molar refractivity (Wildman–Crippen MR) is 193 cm³/mol. The summed E-state index contributed by atoms with van der Waals surface area (Å²) in [5.41, 5.74) is 10.4. The third kappa shape index (κ3) is 5.78. The number of hydrogen-bond donors (Lipinski definition) is 0. The van der Waals surface area contributed by atoms with Crippen LogP contribution in [0.4, 0.5) is 17.1 Å². The second-order valence-corrected chi connectivity index (χ2v) is 12.9. The number of rotatable bonds is 7. The molecule has 6 aromatic rings. The Labute approximate surface area is 273 Å². The van der Waals surface area contributed by atoms with Crippen molar-refractivity contribution in [2.45, 2.75) is 38.9 Å². The van der Waals surface area contributed by atoms with E-state index >= 15 is 0 Å². The van der Waals surface area contributed by atoms with Crippen LogP contribution >= 0.6 is 0 Å². The van der Waals surface area contributed by atoms with Gasteiger partial charge in [-0.3, -0.25) is 0 Å². The average molecular weight is 600 g/mol. The summed E-state index contributed by atoms with van der Waals surface area (Å²) in [6.07, 6.45) is 0. The third-order valence-corrected chi connectivity index (χ3v) is 9.34. The maximum Gasteiger partial charge on any atom is 0.494 e. The molecule has 1 aliphatic rings.